The molecule has 4 aliphatic rings. The third-order valence-electron chi connectivity index (χ3n) is 6.62. The van der Waals surface area contributed by atoms with Crippen LogP contribution in [0, 0.1) is 17.8 Å². The summed E-state index contributed by atoms with van der Waals surface area (Å²) in [5, 5.41) is 13.7. The molecule has 6 heteroatoms. The highest BCUT2D eigenvalue weighted by molar-refractivity contribution is 7.12. The number of hydrogen-bond donors (Lipinski definition) is 2. The fourth-order valence-electron chi connectivity index (χ4n) is 5.88. The summed E-state index contributed by atoms with van der Waals surface area (Å²) in [6, 6.07) is 5.94. The number of carbonyl (C=O) groups excluding carboxylic acids is 1. The number of carbonyl (C=O) groups is 1. The van der Waals surface area contributed by atoms with Gasteiger partial charge in [-0.3, -0.25) is 9.89 Å². The molecule has 0 saturated heterocycles. The predicted octanol–water partition coefficient (Wildman–Crippen LogP) is 4.09. The first kappa shape index (κ1) is 16.2. The highest BCUT2D eigenvalue weighted by Gasteiger charge is 2.52. The van der Waals surface area contributed by atoms with Crippen LogP contribution in [0.15, 0.2) is 28.7 Å². The van der Waals surface area contributed by atoms with Gasteiger partial charge in [0.2, 0.25) is 0 Å². The van der Waals surface area contributed by atoms with E-state index in [-0.39, 0.29) is 11.3 Å². The van der Waals surface area contributed by atoms with E-state index in [2.05, 4.69) is 20.7 Å². The van der Waals surface area contributed by atoms with Crippen molar-refractivity contribution in [2.75, 3.05) is 0 Å². The number of nitrogens with one attached hydrogen (secondary N) is 2. The minimum absolute atomic E-state index is 0.233. The molecular formula is C20H24N4OS. The highest BCUT2D eigenvalue weighted by atomic mass is 32.1. The molecule has 4 aliphatic carbocycles. The molecule has 4 fully saturated rings. The molecule has 0 spiro atoms. The summed E-state index contributed by atoms with van der Waals surface area (Å²) in [4.78, 5) is 13.5. The maximum Gasteiger partial charge on any atom is 0.291 e. The zero-order chi connectivity index (χ0) is 17.7. The fraction of sp³-hybridized carbons (Fsp3) is 0.550. The van der Waals surface area contributed by atoms with Gasteiger partial charge >= 0.3 is 0 Å². The van der Waals surface area contributed by atoms with E-state index in [9.17, 15) is 4.79 Å². The van der Waals surface area contributed by atoms with Gasteiger partial charge in [-0.25, -0.2) is 5.43 Å². The standard InChI is InChI=1S/C20H24N4OS/c1-12(17-3-2-4-26-17)21-24-19(25)16-8-18(23-22-16)20-9-13-5-14(10-20)7-15(6-13)11-20/h2-4,8,13-15H,5-7,9-11H2,1H3,(H,22,23)(H,24,25)/b21-12+. The van der Waals surface area contributed by atoms with Crippen LogP contribution in [0.1, 0.15) is 66.5 Å². The maximum atomic E-state index is 12.5. The first-order valence-electron chi connectivity index (χ1n) is 9.56. The van der Waals surface area contributed by atoms with Crippen LogP contribution in [0.2, 0.25) is 0 Å². The summed E-state index contributed by atoms with van der Waals surface area (Å²) in [7, 11) is 0. The van der Waals surface area contributed by atoms with Gasteiger partial charge in [0.05, 0.1) is 5.71 Å². The molecule has 0 unspecified atom stereocenters. The third-order valence-corrected chi connectivity index (χ3v) is 7.60. The number of amides is 1. The van der Waals surface area contributed by atoms with Gasteiger partial charge in [-0.05, 0) is 80.7 Å². The minimum Gasteiger partial charge on any atom is -0.281 e. The van der Waals surface area contributed by atoms with E-state index in [1.54, 1.807) is 11.3 Å². The summed E-state index contributed by atoms with van der Waals surface area (Å²) in [5.41, 5.74) is 5.30. The second kappa shape index (κ2) is 6.05. The molecular weight excluding hydrogens is 344 g/mol. The molecule has 1 amide bonds. The number of rotatable bonds is 4. The SMILES string of the molecule is C/C(=N\NC(=O)c1cc(C23CC4CC(CC(C4)C2)C3)[nH]n1)c1cccs1. The second-order valence-corrected chi connectivity index (χ2v) is 9.43. The summed E-state index contributed by atoms with van der Waals surface area (Å²) < 4.78 is 0. The lowest BCUT2D eigenvalue weighted by atomic mass is 9.49. The number of thiophene rings is 1. The normalized spacial score (nSPS) is 32.8. The van der Waals surface area contributed by atoms with Crippen molar-refractivity contribution in [1.29, 1.82) is 0 Å². The van der Waals surface area contributed by atoms with Gasteiger partial charge in [-0.1, -0.05) is 6.07 Å². The van der Waals surface area contributed by atoms with Crippen LogP contribution < -0.4 is 5.43 Å². The van der Waals surface area contributed by atoms with Crippen molar-refractivity contribution in [2.45, 2.75) is 50.9 Å². The molecule has 136 valence electrons. The van der Waals surface area contributed by atoms with Crippen molar-refractivity contribution < 1.29 is 4.79 Å². The van der Waals surface area contributed by atoms with Crippen molar-refractivity contribution >= 4 is 23.0 Å². The topological polar surface area (TPSA) is 70.1 Å². The van der Waals surface area contributed by atoms with Gasteiger partial charge in [0.15, 0.2) is 5.69 Å². The van der Waals surface area contributed by atoms with E-state index in [1.807, 2.05) is 30.5 Å². The lowest BCUT2D eigenvalue weighted by Gasteiger charge is -2.56. The Morgan fingerprint density at radius 1 is 1.27 bits per heavy atom. The quantitative estimate of drug-likeness (QED) is 0.630. The van der Waals surface area contributed by atoms with Crippen LogP contribution in [0.3, 0.4) is 0 Å². The monoisotopic (exact) mass is 368 g/mol. The fourth-order valence-corrected chi connectivity index (χ4v) is 6.56. The Kier molecular flexibility index (Phi) is 3.78. The summed E-state index contributed by atoms with van der Waals surface area (Å²) in [6.45, 7) is 1.90. The molecule has 4 bridgehead atoms. The average Bonchev–Trinajstić information content (AvgIpc) is 3.30. The highest BCUT2D eigenvalue weighted by Crippen LogP contribution is 2.60. The molecule has 5 nitrogen and oxygen atoms in total. The molecule has 0 aliphatic heterocycles. The van der Waals surface area contributed by atoms with E-state index in [0.29, 0.717) is 5.69 Å². The summed E-state index contributed by atoms with van der Waals surface area (Å²) in [5.74, 6) is 2.38. The largest absolute Gasteiger partial charge is 0.291 e. The summed E-state index contributed by atoms with van der Waals surface area (Å²) >= 11 is 1.61. The number of hydrogen-bond acceptors (Lipinski definition) is 4. The van der Waals surface area contributed by atoms with Crippen LogP contribution in [-0.2, 0) is 5.41 Å². The second-order valence-electron chi connectivity index (χ2n) is 8.48. The van der Waals surface area contributed by atoms with Crippen molar-refractivity contribution in [1.82, 2.24) is 15.6 Å². The zero-order valence-electron chi connectivity index (χ0n) is 15.0. The third kappa shape index (κ3) is 2.71. The van der Waals surface area contributed by atoms with Crippen molar-refractivity contribution in [2.24, 2.45) is 22.9 Å². The van der Waals surface area contributed by atoms with Gasteiger partial charge in [-0.15, -0.1) is 11.3 Å². The number of H-pyrrole nitrogens is 1. The summed E-state index contributed by atoms with van der Waals surface area (Å²) in [6.07, 6.45) is 8.03. The minimum atomic E-state index is -0.242. The van der Waals surface area contributed by atoms with E-state index >= 15 is 0 Å². The Morgan fingerprint density at radius 3 is 2.58 bits per heavy atom. The zero-order valence-corrected chi connectivity index (χ0v) is 15.8. The Bertz CT molecular complexity index is 816. The Labute approximate surface area is 157 Å². The Hall–Kier alpha value is -1.95. The van der Waals surface area contributed by atoms with Crippen LogP contribution in [0.4, 0.5) is 0 Å². The Morgan fingerprint density at radius 2 is 1.96 bits per heavy atom. The number of aromatic amines is 1. The molecule has 26 heavy (non-hydrogen) atoms. The van der Waals surface area contributed by atoms with Gasteiger partial charge in [0.25, 0.3) is 5.91 Å². The van der Waals surface area contributed by atoms with Gasteiger partial charge < -0.3 is 0 Å². The first-order chi connectivity index (χ1) is 12.6. The molecule has 2 aromatic rings. The molecule has 2 heterocycles. The maximum absolute atomic E-state index is 12.5. The lowest BCUT2D eigenvalue weighted by molar-refractivity contribution is -0.00721. The van der Waals surface area contributed by atoms with Gasteiger partial charge in [0.1, 0.15) is 0 Å². The van der Waals surface area contributed by atoms with Crippen LogP contribution in [0.25, 0.3) is 0 Å². The predicted molar refractivity (Wildman–Crippen MR) is 102 cm³/mol. The number of hydrazone groups is 1. The van der Waals surface area contributed by atoms with Crippen molar-refractivity contribution in [3.63, 3.8) is 0 Å². The molecule has 0 atom stereocenters. The molecule has 2 N–H and O–H groups in total. The van der Waals surface area contributed by atoms with E-state index < -0.39 is 0 Å². The number of nitrogens with zero attached hydrogens (tertiary/aromatic N) is 2. The van der Waals surface area contributed by atoms with Crippen molar-refractivity contribution in [3.8, 4) is 0 Å². The van der Waals surface area contributed by atoms with Gasteiger partial charge in [-0.2, -0.15) is 10.2 Å². The smallest absolute Gasteiger partial charge is 0.281 e. The number of aromatic nitrogens is 2. The van der Waals surface area contributed by atoms with E-state index in [0.717, 1.165) is 28.3 Å². The lowest BCUT2D eigenvalue weighted by Crippen LogP contribution is -2.48. The van der Waals surface area contributed by atoms with Crippen LogP contribution >= 0.6 is 11.3 Å². The molecule has 0 radical (unpaired) electrons. The van der Waals surface area contributed by atoms with Gasteiger partial charge in [0, 0.05) is 16.0 Å². The van der Waals surface area contributed by atoms with Crippen LogP contribution in [-0.4, -0.2) is 21.8 Å². The van der Waals surface area contributed by atoms with Crippen molar-refractivity contribution in [3.05, 3.63) is 39.8 Å². The van der Waals surface area contributed by atoms with E-state index in [1.165, 1.54) is 44.2 Å². The molecule has 2 aromatic heterocycles. The Balaban J connectivity index is 1.32. The molecule has 6 rings (SSSR count). The molecule has 0 aromatic carbocycles. The van der Waals surface area contributed by atoms with E-state index in [4.69, 9.17) is 0 Å². The molecule has 4 saturated carbocycles. The van der Waals surface area contributed by atoms with Crippen LogP contribution in [0.5, 0.6) is 0 Å². The first-order valence-corrected chi connectivity index (χ1v) is 10.4. The average molecular weight is 369 g/mol.